The average Bonchev–Trinajstić information content (AvgIpc) is 3.93. The predicted molar refractivity (Wildman–Crippen MR) is 167 cm³/mol. The first-order chi connectivity index (χ1) is 22.2. The molecule has 4 fully saturated rings. The van der Waals surface area contributed by atoms with Crippen LogP contribution in [0.5, 0.6) is 5.75 Å². The molecule has 5 atom stereocenters. The zero-order chi connectivity index (χ0) is 31.6. The number of aryl methyl sites for hydroxylation is 1. The van der Waals surface area contributed by atoms with Crippen molar-refractivity contribution in [2.24, 2.45) is 11.8 Å². The topological polar surface area (TPSA) is 135 Å². The van der Waals surface area contributed by atoms with E-state index in [1.165, 1.54) is 16.8 Å². The molecule has 0 radical (unpaired) electrons. The van der Waals surface area contributed by atoms with Crippen molar-refractivity contribution in [1.82, 2.24) is 29.0 Å². The lowest BCUT2D eigenvalue weighted by atomic mass is 9.54. The van der Waals surface area contributed by atoms with E-state index < -0.39 is 5.41 Å². The summed E-state index contributed by atoms with van der Waals surface area (Å²) in [7, 11) is 0. The van der Waals surface area contributed by atoms with Crippen LogP contribution in [0.15, 0.2) is 40.0 Å². The highest BCUT2D eigenvalue weighted by Crippen LogP contribution is 2.72. The van der Waals surface area contributed by atoms with Crippen LogP contribution in [0.3, 0.4) is 0 Å². The maximum absolute atomic E-state index is 14.7. The van der Waals surface area contributed by atoms with Crippen molar-refractivity contribution in [3.05, 3.63) is 79.4 Å². The minimum atomic E-state index is -0.445. The number of likely N-dealkylation sites (tertiary alicyclic amines) is 1. The van der Waals surface area contributed by atoms with Crippen molar-refractivity contribution in [3.63, 3.8) is 0 Å². The summed E-state index contributed by atoms with van der Waals surface area (Å²) in [6.07, 6.45) is 6.70. The highest BCUT2D eigenvalue weighted by Gasteiger charge is 2.70. The van der Waals surface area contributed by atoms with Crippen LogP contribution < -0.4 is 10.9 Å². The second-order valence-electron chi connectivity index (χ2n) is 13.6. The Morgan fingerprint density at radius 3 is 2.74 bits per heavy atom. The van der Waals surface area contributed by atoms with E-state index in [9.17, 15) is 23.9 Å². The zero-order valence-corrected chi connectivity index (χ0v) is 26.6. The monoisotopic (exact) mass is 687 g/mol. The van der Waals surface area contributed by atoms with Gasteiger partial charge in [-0.2, -0.15) is 9.50 Å². The molecule has 0 bridgehead atoms. The molecule has 4 heterocycles. The van der Waals surface area contributed by atoms with Crippen LogP contribution >= 0.6 is 15.9 Å². The Balaban J connectivity index is 1.08. The number of carbonyl (C=O) groups is 2. The minimum absolute atomic E-state index is 0.0656. The third-order valence-electron chi connectivity index (χ3n) is 11.3. The van der Waals surface area contributed by atoms with Gasteiger partial charge in [-0.3, -0.25) is 19.4 Å². The molecule has 1 spiro atoms. The number of pyridine rings is 1. The van der Waals surface area contributed by atoms with Gasteiger partial charge in [-0.05, 0) is 103 Å². The number of aromatic hydroxyl groups is 1. The number of nitrogens with one attached hydrogen (secondary N) is 1. The fraction of sp³-hybridized carbons (Fsp3) is 0.455. The molecule has 1 aliphatic heterocycles. The summed E-state index contributed by atoms with van der Waals surface area (Å²) < 4.78 is 18.1. The zero-order valence-electron chi connectivity index (χ0n) is 25.0. The molecule has 3 saturated carbocycles. The third-order valence-corrected chi connectivity index (χ3v) is 11.6. The Bertz CT molecular complexity index is 2070. The molecule has 4 aliphatic carbocycles. The second kappa shape index (κ2) is 9.69. The fourth-order valence-electron chi connectivity index (χ4n) is 8.98. The van der Waals surface area contributed by atoms with Gasteiger partial charge in [0.1, 0.15) is 18.1 Å². The fourth-order valence-corrected chi connectivity index (χ4v) is 9.29. The van der Waals surface area contributed by atoms with E-state index in [1.54, 1.807) is 25.1 Å². The quantitative estimate of drug-likeness (QED) is 0.318. The Morgan fingerprint density at radius 1 is 1.17 bits per heavy atom. The number of nitrogens with zero attached hydrogens (tertiary/aromatic N) is 6. The number of hydrogen-bond donors (Lipinski definition) is 2. The number of hydrogen-bond acceptors (Lipinski definition) is 7. The molecular weight excluding hydrogens is 657 g/mol. The first-order valence-electron chi connectivity index (χ1n) is 15.9. The number of halogens is 2. The molecule has 236 valence electrons. The molecule has 2 amide bonds. The van der Waals surface area contributed by atoms with E-state index in [4.69, 9.17) is 0 Å². The number of amides is 2. The Kier molecular flexibility index (Phi) is 5.93. The summed E-state index contributed by atoms with van der Waals surface area (Å²) in [5, 5.41) is 17.8. The van der Waals surface area contributed by atoms with Gasteiger partial charge in [0.25, 0.3) is 11.5 Å². The molecule has 1 saturated heterocycles. The van der Waals surface area contributed by atoms with E-state index >= 15 is 0 Å². The molecule has 2 N–H and O–H groups in total. The Morgan fingerprint density at radius 2 is 2.00 bits per heavy atom. The smallest absolute Gasteiger partial charge is 0.279 e. The summed E-state index contributed by atoms with van der Waals surface area (Å²) in [5.74, 6) is -0.0396. The number of benzene rings is 1. The van der Waals surface area contributed by atoms with Crippen molar-refractivity contribution in [2.45, 2.75) is 75.3 Å². The van der Waals surface area contributed by atoms with E-state index in [0.29, 0.717) is 35.5 Å². The molecule has 0 unspecified atom stereocenters. The van der Waals surface area contributed by atoms with Gasteiger partial charge in [0.2, 0.25) is 16.4 Å². The molecular formula is C33H31BrFN7O4. The highest BCUT2D eigenvalue weighted by molar-refractivity contribution is 9.10. The minimum Gasteiger partial charge on any atom is -0.505 e. The van der Waals surface area contributed by atoms with Crippen LogP contribution in [0.1, 0.15) is 83.2 Å². The van der Waals surface area contributed by atoms with Gasteiger partial charge in [0.15, 0.2) is 0 Å². The SMILES string of the molecule is Cc1nccc(C(=O)N2CC[C@]3(c4c(n(CC(=O)Nc5ccc(C6CC6)c(F)c5)c5nc(Br)nn5c4=O)[C@H]4C[C@H]43)[C@@H]3CC[C@@H]32)c1O. The molecule has 1 aromatic carbocycles. The first kappa shape index (κ1) is 28.1. The Labute approximate surface area is 271 Å². The molecule has 9 rings (SSSR count). The largest absolute Gasteiger partial charge is 0.505 e. The number of piperidine rings is 1. The summed E-state index contributed by atoms with van der Waals surface area (Å²) in [4.78, 5) is 52.0. The van der Waals surface area contributed by atoms with Crippen molar-refractivity contribution in [2.75, 3.05) is 11.9 Å². The van der Waals surface area contributed by atoms with Crippen LogP contribution in [0.25, 0.3) is 5.78 Å². The average molecular weight is 689 g/mol. The summed E-state index contributed by atoms with van der Waals surface area (Å²) in [6.45, 7) is 2.01. The molecule has 4 aromatic rings. The van der Waals surface area contributed by atoms with Crippen LogP contribution in [0.2, 0.25) is 0 Å². The summed E-state index contributed by atoms with van der Waals surface area (Å²) in [6, 6.07) is 6.34. The van der Waals surface area contributed by atoms with E-state index in [1.807, 2.05) is 9.47 Å². The van der Waals surface area contributed by atoms with E-state index in [0.717, 1.165) is 37.8 Å². The van der Waals surface area contributed by atoms with Crippen LogP contribution in [-0.2, 0) is 16.8 Å². The van der Waals surface area contributed by atoms with Crippen LogP contribution in [0.4, 0.5) is 10.1 Å². The number of rotatable bonds is 5. The summed E-state index contributed by atoms with van der Waals surface area (Å²) in [5.41, 5.74) is 2.58. The molecule has 11 nitrogen and oxygen atoms in total. The second-order valence-corrected chi connectivity index (χ2v) is 14.3. The molecule has 46 heavy (non-hydrogen) atoms. The number of anilines is 1. The molecule has 13 heteroatoms. The van der Waals surface area contributed by atoms with Gasteiger partial charge in [0.05, 0.1) is 11.3 Å². The van der Waals surface area contributed by atoms with Gasteiger partial charge in [-0.25, -0.2) is 4.39 Å². The van der Waals surface area contributed by atoms with Gasteiger partial charge in [0, 0.05) is 47.1 Å². The summed E-state index contributed by atoms with van der Waals surface area (Å²) >= 11 is 3.33. The maximum atomic E-state index is 14.7. The van der Waals surface area contributed by atoms with Crippen LogP contribution in [0, 0.1) is 24.6 Å². The van der Waals surface area contributed by atoms with E-state index in [-0.39, 0.29) is 81.3 Å². The van der Waals surface area contributed by atoms with Crippen molar-refractivity contribution in [3.8, 4) is 5.75 Å². The predicted octanol–water partition coefficient (Wildman–Crippen LogP) is 4.40. The molecule has 5 aliphatic rings. The van der Waals surface area contributed by atoms with Gasteiger partial charge >= 0.3 is 0 Å². The normalized spacial score (nSPS) is 27.2. The maximum Gasteiger partial charge on any atom is 0.279 e. The van der Waals surface area contributed by atoms with Crippen molar-refractivity contribution in [1.29, 1.82) is 0 Å². The first-order valence-corrected chi connectivity index (χ1v) is 16.7. The lowest BCUT2D eigenvalue weighted by Crippen LogP contribution is -2.64. The molecule has 3 aromatic heterocycles. The van der Waals surface area contributed by atoms with Crippen LogP contribution in [-0.4, -0.2) is 58.6 Å². The van der Waals surface area contributed by atoms with Gasteiger partial charge in [-0.1, -0.05) is 6.07 Å². The number of aromatic nitrogens is 5. The Hall–Kier alpha value is -4.13. The van der Waals surface area contributed by atoms with Crippen molar-refractivity contribution >= 4 is 39.2 Å². The lowest BCUT2D eigenvalue weighted by molar-refractivity contribution is -0.116. The lowest BCUT2D eigenvalue weighted by Gasteiger charge is -2.58. The van der Waals surface area contributed by atoms with Gasteiger partial charge in [-0.15, -0.1) is 5.10 Å². The van der Waals surface area contributed by atoms with Crippen molar-refractivity contribution < 1.29 is 19.1 Å². The third kappa shape index (κ3) is 3.86. The van der Waals surface area contributed by atoms with Gasteiger partial charge < -0.3 is 19.9 Å². The number of fused-ring (bicyclic) bond motifs is 8. The number of carbonyl (C=O) groups excluding carboxylic acids is 2. The van der Waals surface area contributed by atoms with E-state index in [2.05, 4.69) is 36.3 Å². The highest BCUT2D eigenvalue weighted by atomic mass is 79.9. The standard InChI is InChI=1S/C33H31BrFN7O4/c1-15-28(44)19(8-10-36-15)29(45)40-11-9-33(21-6-7-24(21)40)22-13-20(22)27-26(33)30(46)42-32(38-31(34)39-42)41(27)14-25(43)37-17-4-5-18(16-2-3-16)23(35)12-17/h4-5,8,10,12,16,20-22,24,44H,2-3,6-7,9,11,13-14H2,1H3,(H,37,43)/t20-,21+,22+,24-,33-/m0/s1.